The van der Waals surface area contributed by atoms with E-state index in [4.69, 9.17) is 9.47 Å². The van der Waals surface area contributed by atoms with Gasteiger partial charge < -0.3 is 9.47 Å². The van der Waals surface area contributed by atoms with Crippen LogP contribution >= 0.6 is 0 Å². The van der Waals surface area contributed by atoms with Crippen LogP contribution in [0.15, 0.2) is 18.2 Å². The molecule has 0 heterocycles. The molecule has 0 aromatic heterocycles. The van der Waals surface area contributed by atoms with Crippen molar-refractivity contribution < 1.29 is 13.9 Å². The molecule has 0 atom stereocenters. The lowest BCUT2D eigenvalue weighted by molar-refractivity contribution is 0.0868. The molecule has 17 heavy (non-hydrogen) atoms. The minimum Gasteiger partial charge on any atom is -0.488 e. The topological polar surface area (TPSA) is 18.5 Å². The van der Waals surface area contributed by atoms with E-state index in [1.807, 2.05) is 12.1 Å². The third kappa shape index (κ3) is 2.78. The minimum atomic E-state index is -0.179. The first kappa shape index (κ1) is 11.0. The van der Waals surface area contributed by atoms with E-state index in [2.05, 4.69) is 0 Å². The molecular weight excluding hydrogens is 219 g/mol. The quantitative estimate of drug-likeness (QED) is 0.706. The molecule has 0 spiro atoms. The summed E-state index contributed by atoms with van der Waals surface area (Å²) in [4.78, 5) is 0. The predicted molar refractivity (Wildman–Crippen MR) is 62.8 cm³/mol. The van der Waals surface area contributed by atoms with Crippen LogP contribution in [-0.4, -0.2) is 19.3 Å². The van der Waals surface area contributed by atoms with Crippen LogP contribution in [0.25, 0.3) is 0 Å². The van der Waals surface area contributed by atoms with Crippen molar-refractivity contribution in [2.75, 3.05) is 13.2 Å². The molecule has 0 aliphatic heterocycles. The van der Waals surface area contributed by atoms with E-state index in [1.54, 1.807) is 6.07 Å². The van der Waals surface area contributed by atoms with Crippen LogP contribution in [0.1, 0.15) is 37.2 Å². The molecule has 2 fully saturated rings. The molecule has 92 valence electrons. The van der Waals surface area contributed by atoms with Gasteiger partial charge in [0.2, 0.25) is 0 Å². The predicted octanol–water partition coefficient (Wildman–Crippen LogP) is 3.26. The highest BCUT2D eigenvalue weighted by atomic mass is 19.1. The number of hydrogen-bond donors (Lipinski definition) is 0. The summed E-state index contributed by atoms with van der Waals surface area (Å²) >= 11 is 0. The van der Waals surface area contributed by atoms with Gasteiger partial charge in [-0.2, -0.15) is 0 Å². The Morgan fingerprint density at radius 2 is 1.94 bits per heavy atom. The maximum absolute atomic E-state index is 14.0. The summed E-state index contributed by atoms with van der Waals surface area (Å²) in [6, 6.07) is 5.42. The molecule has 0 bridgehead atoms. The van der Waals surface area contributed by atoms with Gasteiger partial charge in [-0.3, -0.25) is 0 Å². The standard InChI is InChI=1S/C14H17FO2/c15-14-12(10-4-5-10)2-1-3-13(14)17-9-8-16-11-6-7-11/h1-3,10-11H,4-9H2. The Labute approximate surface area is 101 Å². The van der Waals surface area contributed by atoms with E-state index in [9.17, 15) is 4.39 Å². The second kappa shape index (κ2) is 4.65. The Balaban J connectivity index is 1.55. The minimum absolute atomic E-state index is 0.179. The maximum atomic E-state index is 14.0. The molecule has 1 aromatic carbocycles. The summed E-state index contributed by atoms with van der Waals surface area (Å²) < 4.78 is 24.9. The van der Waals surface area contributed by atoms with Crippen LogP contribution in [0.2, 0.25) is 0 Å². The van der Waals surface area contributed by atoms with Crippen molar-refractivity contribution >= 4 is 0 Å². The summed E-state index contributed by atoms with van der Waals surface area (Å²) in [5, 5.41) is 0. The Morgan fingerprint density at radius 1 is 1.12 bits per heavy atom. The highest BCUT2D eigenvalue weighted by Crippen LogP contribution is 2.42. The van der Waals surface area contributed by atoms with Crippen LogP contribution in [-0.2, 0) is 4.74 Å². The van der Waals surface area contributed by atoms with Gasteiger partial charge in [-0.1, -0.05) is 12.1 Å². The molecule has 2 aliphatic rings. The molecule has 0 unspecified atom stereocenters. The molecule has 1 aromatic rings. The van der Waals surface area contributed by atoms with Gasteiger partial charge in [-0.15, -0.1) is 0 Å². The van der Waals surface area contributed by atoms with E-state index in [0.717, 1.165) is 31.2 Å². The summed E-state index contributed by atoms with van der Waals surface area (Å²) in [6.07, 6.45) is 4.95. The molecule has 0 amide bonds. The van der Waals surface area contributed by atoms with Crippen molar-refractivity contribution in [3.05, 3.63) is 29.6 Å². The average molecular weight is 236 g/mol. The van der Waals surface area contributed by atoms with Crippen LogP contribution in [0.3, 0.4) is 0 Å². The van der Waals surface area contributed by atoms with Crippen molar-refractivity contribution in [1.82, 2.24) is 0 Å². The maximum Gasteiger partial charge on any atom is 0.168 e. The summed E-state index contributed by atoms with van der Waals surface area (Å²) in [6.45, 7) is 0.985. The van der Waals surface area contributed by atoms with Crippen molar-refractivity contribution in [3.8, 4) is 5.75 Å². The van der Waals surface area contributed by atoms with Crippen molar-refractivity contribution in [2.24, 2.45) is 0 Å². The molecular formula is C14H17FO2. The van der Waals surface area contributed by atoms with Crippen molar-refractivity contribution in [1.29, 1.82) is 0 Å². The Hall–Kier alpha value is -1.09. The number of benzene rings is 1. The lowest BCUT2D eigenvalue weighted by atomic mass is 10.1. The van der Waals surface area contributed by atoms with Gasteiger partial charge in [0.25, 0.3) is 0 Å². The average Bonchev–Trinajstić information content (AvgIpc) is 3.18. The lowest BCUT2D eigenvalue weighted by Crippen LogP contribution is -2.08. The fourth-order valence-corrected chi connectivity index (χ4v) is 1.95. The third-order valence-electron chi connectivity index (χ3n) is 3.23. The van der Waals surface area contributed by atoms with E-state index in [-0.39, 0.29) is 5.82 Å². The number of rotatable bonds is 6. The van der Waals surface area contributed by atoms with Crippen LogP contribution in [0.5, 0.6) is 5.75 Å². The molecule has 3 rings (SSSR count). The first-order valence-corrected chi connectivity index (χ1v) is 6.37. The molecule has 0 radical (unpaired) electrons. The molecule has 2 saturated carbocycles. The summed E-state index contributed by atoms with van der Waals surface area (Å²) in [5.41, 5.74) is 0.811. The summed E-state index contributed by atoms with van der Waals surface area (Å²) in [5.74, 6) is 0.608. The van der Waals surface area contributed by atoms with E-state index < -0.39 is 0 Å². The smallest absolute Gasteiger partial charge is 0.168 e. The fourth-order valence-electron chi connectivity index (χ4n) is 1.95. The zero-order valence-corrected chi connectivity index (χ0v) is 9.82. The van der Waals surface area contributed by atoms with Gasteiger partial charge in [0.1, 0.15) is 6.61 Å². The van der Waals surface area contributed by atoms with Gasteiger partial charge in [0.15, 0.2) is 11.6 Å². The van der Waals surface area contributed by atoms with Gasteiger partial charge >= 0.3 is 0 Å². The second-order valence-corrected chi connectivity index (χ2v) is 4.85. The SMILES string of the molecule is Fc1c(OCCOC2CC2)cccc1C1CC1. The highest BCUT2D eigenvalue weighted by molar-refractivity contribution is 5.35. The molecule has 2 aliphatic carbocycles. The third-order valence-corrected chi connectivity index (χ3v) is 3.23. The normalized spacial score (nSPS) is 19.4. The first-order chi connectivity index (χ1) is 8.34. The first-order valence-electron chi connectivity index (χ1n) is 6.37. The fraction of sp³-hybridized carbons (Fsp3) is 0.571. The van der Waals surface area contributed by atoms with Gasteiger partial charge in [0, 0.05) is 0 Å². The Bertz CT molecular complexity index is 397. The summed E-state index contributed by atoms with van der Waals surface area (Å²) in [7, 11) is 0. The molecule has 2 nitrogen and oxygen atoms in total. The lowest BCUT2D eigenvalue weighted by Gasteiger charge is -2.09. The molecule has 3 heteroatoms. The van der Waals surface area contributed by atoms with E-state index in [0.29, 0.717) is 31.0 Å². The zero-order chi connectivity index (χ0) is 11.7. The van der Waals surface area contributed by atoms with Gasteiger partial charge in [-0.05, 0) is 43.2 Å². The van der Waals surface area contributed by atoms with E-state index in [1.165, 1.54) is 0 Å². The van der Waals surface area contributed by atoms with E-state index >= 15 is 0 Å². The van der Waals surface area contributed by atoms with Crippen molar-refractivity contribution in [3.63, 3.8) is 0 Å². The van der Waals surface area contributed by atoms with Crippen molar-refractivity contribution in [2.45, 2.75) is 37.7 Å². The number of hydrogen-bond acceptors (Lipinski definition) is 2. The Morgan fingerprint density at radius 3 is 2.65 bits per heavy atom. The van der Waals surface area contributed by atoms with Crippen LogP contribution in [0.4, 0.5) is 4.39 Å². The Kier molecular flexibility index (Phi) is 3.02. The second-order valence-electron chi connectivity index (χ2n) is 4.85. The zero-order valence-electron chi connectivity index (χ0n) is 9.82. The number of ether oxygens (including phenoxy) is 2. The molecule has 0 saturated heterocycles. The van der Waals surface area contributed by atoms with Crippen LogP contribution in [0, 0.1) is 5.82 Å². The monoisotopic (exact) mass is 236 g/mol. The number of halogens is 1. The molecule has 0 N–H and O–H groups in total. The largest absolute Gasteiger partial charge is 0.488 e. The van der Waals surface area contributed by atoms with Crippen LogP contribution < -0.4 is 4.74 Å². The highest BCUT2D eigenvalue weighted by Gasteiger charge is 2.27. The van der Waals surface area contributed by atoms with Gasteiger partial charge in [-0.25, -0.2) is 4.39 Å². The van der Waals surface area contributed by atoms with Gasteiger partial charge in [0.05, 0.1) is 12.7 Å².